The van der Waals surface area contributed by atoms with Gasteiger partial charge in [0.2, 0.25) is 0 Å². The molecule has 0 heterocycles. The van der Waals surface area contributed by atoms with E-state index in [0.29, 0.717) is 0 Å². The highest BCUT2D eigenvalue weighted by Gasteiger charge is 2.30. The van der Waals surface area contributed by atoms with E-state index in [1.165, 1.54) is 12.1 Å². The molecule has 1 aromatic rings. The van der Waals surface area contributed by atoms with Crippen molar-refractivity contribution in [2.45, 2.75) is 38.9 Å². The summed E-state index contributed by atoms with van der Waals surface area (Å²) < 4.78 is 37.1. The van der Waals surface area contributed by atoms with Crippen molar-refractivity contribution in [1.82, 2.24) is 0 Å². The lowest BCUT2D eigenvalue weighted by Crippen LogP contribution is -2.19. The lowest BCUT2D eigenvalue weighted by atomic mass is 9.91. The molecule has 0 saturated carbocycles. The maximum Gasteiger partial charge on any atom is 0.416 e. The summed E-state index contributed by atoms with van der Waals surface area (Å²) in [7, 11) is 0. The van der Waals surface area contributed by atoms with Crippen LogP contribution in [0.15, 0.2) is 24.3 Å². The molecule has 0 amide bonds. The molecule has 17 heavy (non-hydrogen) atoms. The number of rotatable bonds is 4. The Morgan fingerprint density at radius 2 is 1.71 bits per heavy atom. The minimum atomic E-state index is -4.28. The monoisotopic (exact) mass is 245 g/mol. The van der Waals surface area contributed by atoms with E-state index in [4.69, 9.17) is 5.73 Å². The molecule has 1 aromatic carbocycles. The van der Waals surface area contributed by atoms with Gasteiger partial charge in [-0.05, 0) is 30.0 Å². The summed E-state index contributed by atoms with van der Waals surface area (Å²) in [6.45, 7) is 4.09. The van der Waals surface area contributed by atoms with Crippen molar-refractivity contribution >= 4 is 0 Å². The van der Waals surface area contributed by atoms with Gasteiger partial charge in [0.25, 0.3) is 0 Å². The summed E-state index contributed by atoms with van der Waals surface area (Å²) in [6.07, 6.45) is -2.28. The second-order valence-electron chi connectivity index (χ2n) is 4.41. The first kappa shape index (κ1) is 14.0. The highest BCUT2D eigenvalue weighted by atomic mass is 19.4. The SMILES string of the molecule is CCCC(C)C(N)c1ccc(C(F)(F)F)cc1. The van der Waals surface area contributed by atoms with Crippen LogP contribution in [-0.4, -0.2) is 0 Å². The third kappa shape index (κ3) is 3.73. The molecule has 1 rings (SSSR count). The van der Waals surface area contributed by atoms with Crippen LogP contribution in [0.5, 0.6) is 0 Å². The second kappa shape index (κ2) is 5.54. The highest BCUT2D eigenvalue weighted by Crippen LogP contribution is 2.31. The van der Waals surface area contributed by atoms with Gasteiger partial charge in [-0.25, -0.2) is 0 Å². The van der Waals surface area contributed by atoms with Gasteiger partial charge in [-0.3, -0.25) is 0 Å². The Morgan fingerprint density at radius 3 is 2.12 bits per heavy atom. The minimum Gasteiger partial charge on any atom is -0.324 e. The molecule has 2 atom stereocenters. The van der Waals surface area contributed by atoms with E-state index in [1.807, 2.05) is 6.92 Å². The molecular weight excluding hydrogens is 227 g/mol. The first-order valence-corrected chi connectivity index (χ1v) is 5.79. The Kier molecular flexibility index (Phi) is 4.57. The molecule has 0 aliphatic rings. The summed E-state index contributed by atoms with van der Waals surface area (Å²) in [5.74, 6) is 0.275. The molecule has 4 heteroatoms. The molecule has 0 saturated heterocycles. The van der Waals surface area contributed by atoms with Crippen LogP contribution in [0, 0.1) is 5.92 Å². The van der Waals surface area contributed by atoms with Crippen LogP contribution in [0.1, 0.15) is 43.9 Å². The Labute approximate surface area is 99.8 Å². The van der Waals surface area contributed by atoms with Crippen molar-refractivity contribution in [2.24, 2.45) is 11.7 Å². The van der Waals surface area contributed by atoms with E-state index in [9.17, 15) is 13.2 Å². The minimum absolute atomic E-state index is 0.197. The molecular formula is C13H18F3N. The van der Waals surface area contributed by atoms with Crippen LogP contribution in [-0.2, 0) is 6.18 Å². The zero-order valence-electron chi connectivity index (χ0n) is 10.1. The largest absolute Gasteiger partial charge is 0.416 e. The molecule has 96 valence electrons. The average Bonchev–Trinajstić information content (AvgIpc) is 2.27. The molecule has 0 aliphatic carbocycles. The molecule has 0 fully saturated rings. The first-order chi connectivity index (χ1) is 7.86. The van der Waals surface area contributed by atoms with E-state index < -0.39 is 11.7 Å². The number of benzene rings is 1. The summed E-state index contributed by atoms with van der Waals surface area (Å²) >= 11 is 0. The highest BCUT2D eigenvalue weighted by molar-refractivity contribution is 5.26. The van der Waals surface area contributed by atoms with Gasteiger partial charge in [0.1, 0.15) is 0 Å². The quantitative estimate of drug-likeness (QED) is 0.847. The number of halogens is 3. The topological polar surface area (TPSA) is 26.0 Å². The zero-order chi connectivity index (χ0) is 13.1. The summed E-state index contributed by atoms with van der Waals surface area (Å²) in [5, 5.41) is 0. The normalized spacial score (nSPS) is 15.6. The summed E-state index contributed by atoms with van der Waals surface area (Å²) in [5.41, 5.74) is 6.14. The smallest absolute Gasteiger partial charge is 0.324 e. The van der Waals surface area contributed by atoms with Gasteiger partial charge in [0.05, 0.1) is 5.56 Å². The molecule has 0 aliphatic heterocycles. The van der Waals surface area contributed by atoms with Crippen LogP contribution in [0.3, 0.4) is 0 Å². The number of nitrogens with two attached hydrogens (primary N) is 1. The molecule has 0 aromatic heterocycles. The predicted molar refractivity (Wildman–Crippen MR) is 62.4 cm³/mol. The van der Waals surface area contributed by atoms with Crippen molar-refractivity contribution in [3.05, 3.63) is 35.4 Å². The van der Waals surface area contributed by atoms with Gasteiger partial charge >= 0.3 is 6.18 Å². The standard InChI is InChI=1S/C13H18F3N/c1-3-4-9(2)12(17)10-5-7-11(8-6-10)13(14,15)16/h5-9,12H,3-4,17H2,1-2H3. The van der Waals surface area contributed by atoms with Gasteiger partial charge < -0.3 is 5.73 Å². The van der Waals surface area contributed by atoms with Crippen LogP contribution in [0.4, 0.5) is 13.2 Å². The number of hydrogen-bond donors (Lipinski definition) is 1. The van der Waals surface area contributed by atoms with E-state index in [0.717, 1.165) is 30.5 Å². The Morgan fingerprint density at radius 1 is 1.18 bits per heavy atom. The van der Waals surface area contributed by atoms with Crippen LogP contribution in [0.2, 0.25) is 0 Å². The Hall–Kier alpha value is -1.03. The second-order valence-corrected chi connectivity index (χ2v) is 4.41. The number of hydrogen-bond acceptors (Lipinski definition) is 1. The van der Waals surface area contributed by atoms with Gasteiger partial charge in [-0.2, -0.15) is 13.2 Å². The maximum atomic E-state index is 12.4. The maximum absolute atomic E-state index is 12.4. The van der Waals surface area contributed by atoms with Crippen LogP contribution in [0.25, 0.3) is 0 Å². The number of alkyl halides is 3. The molecule has 0 bridgehead atoms. The Bertz CT molecular complexity index is 343. The van der Waals surface area contributed by atoms with Gasteiger partial charge in [-0.15, -0.1) is 0 Å². The average molecular weight is 245 g/mol. The van der Waals surface area contributed by atoms with E-state index >= 15 is 0 Å². The Balaban J connectivity index is 2.80. The molecule has 2 N–H and O–H groups in total. The van der Waals surface area contributed by atoms with E-state index in [1.54, 1.807) is 0 Å². The van der Waals surface area contributed by atoms with Crippen molar-refractivity contribution in [3.8, 4) is 0 Å². The first-order valence-electron chi connectivity index (χ1n) is 5.79. The van der Waals surface area contributed by atoms with Crippen molar-refractivity contribution in [1.29, 1.82) is 0 Å². The fraction of sp³-hybridized carbons (Fsp3) is 0.538. The zero-order valence-corrected chi connectivity index (χ0v) is 10.1. The summed E-state index contributed by atoms with van der Waals surface area (Å²) in [6, 6.07) is 4.93. The van der Waals surface area contributed by atoms with Crippen molar-refractivity contribution in [2.75, 3.05) is 0 Å². The van der Waals surface area contributed by atoms with Gasteiger partial charge in [0.15, 0.2) is 0 Å². The molecule has 1 nitrogen and oxygen atoms in total. The lowest BCUT2D eigenvalue weighted by molar-refractivity contribution is -0.137. The van der Waals surface area contributed by atoms with E-state index in [-0.39, 0.29) is 12.0 Å². The molecule has 0 spiro atoms. The summed E-state index contributed by atoms with van der Waals surface area (Å²) in [4.78, 5) is 0. The predicted octanol–water partition coefficient (Wildman–Crippen LogP) is 4.14. The fourth-order valence-electron chi connectivity index (χ4n) is 1.86. The van der Waals surface area contributed by atoms with Gasteiger partial charge in [-0.1, -0.05) is 32.4 Å². The molecule has 0 radical (unpaired) electrons. The van der Waals surface area contributed by atoms with Crippen molar-refractivity contribution < 1.29 is 13.2 Å². The molecule has 2 unspecified atom stereocenters. The van der Waals surface area contributed by atoms with Crippen LogP contribution >= 0.6 is 0 Å². The third-order valence-electron chi connectivity index (χ3n) is 2.98. The van der Waals surface area contributed by atoms with Crippen molar-refractivity contribution in [3.63, 3.8) is 0 Å². The van der Waals surface area contributed by atoms with Crippen LogP contribution < -0.4 is 5.73 Å². The van der Waals surface area contributed by atoms with Gasteiger partial charge in [0, 0.05) is 6.04 Å². The van der Waals surface area contributed by atoms with E-state index in [2.05, 4.69) is 6.92 Å². The lowest BCUT2D eigenvalue weighted by Gasteiger charge is -2.20. The fourth-order valence-corrected chi connectivity index (χ4v) is 1.86. The third-order valence-corrected chi connectivity index (χ3v) is 2.98.